The molecule has 4 rings (SSSR count). The summed E-state index contributed by atoms with van der Waals surface area (Å²) in [4.78, 5) is 26.4. The van der Waals surface area contributed by atoms with Crippen molar-refractivity contribution in [2.75, 3.05) is 33.8 Å². The highest BCUT2D eigenvalue weighted by molar-refractivity contribution is 6.07. The average Bonchev–Trinajstić information content (AvgIpc) is 3.28. The van der Waals surface area contributed by atoms with Crippen molar-refractivity contribution in [2.45, 2.75) is 6.42 Å². The molecule has 0 fully saturated rings. The first-order valence-electron chi connectivity index (χ1n) is 11.3. The van der Waals surface area contributed by atoms with Gasteiger partial charge < -0.3 is 25.7 Å². The van der Waals surface area contributed by atoms with Crippen molar-refractivity contribution in [1.82, 2.24) is 25.2 Å². The van der Waals surface area contributed by atoms with E-state index in [1.165, 1.54) is 0 Å². The third kappa shape index (κ3) is 6.01. The summed E-state index contributed by atoms with van der Waals surface area (Å²) in [5.41, 5.74) is 10.5. The average molecular weight is 472 g/mol. The maximum Gasteiger partial charge on any atom is 0.316 e. The van der Waals surface area contributed by atoms with Crippen molar-refractivity contribution < 1.29 is 9.53 Å². The molecule has 4 aromatic rings. The van der Waals surface area contributed by atoms with Crippen LogP contribution >= 0.6 is 0 Å². The van der Waals surface area contributed by atoms with Crippen LogP contribution in [0.5, 0.6) is 6.01 Å². The standard InChI is InChI=1S/C26H29N7O2/c1-33(2)13-14-35-26-30-12-10-22(32-26)18-4-6-19(7-5-18)25(34)29-11-9-17-3-8-23-20(15-17)21(16-31-23)24(27)28/h3-8,10,12,15-16,31H,9,11,13-14H2,1-2H3,(H3,27,28)(H,29,34). The summed E-state index contributed by atoms with van der Waals surface area (Å²) in [6.07, 6.45) is 4.07. The second-order valence-electron chi connectivity index (χ2n) is 8.46. The van der Waals surface area contributed by atoms with Gasteiger partial charge in [-0.3, -0.25) is 10.2 Å². The third-order valence-corrected chi connectivity index (χ3v) is 5.58. The second kappa shape index (κ2) is 10.8. The SMILES string of the molecule is CN(C)CCOc1nccc(-c2ccc(C(=O)NCCc3ccc4[nH]cc(C(=N)N)c4c3)cc2)n1. The number of aromatic amines is 1. The van der Waals surface area contributed by atoms with E-state index in [2.05, 4.69) is 20.3 Å². The Balaban J connectivity index is 1.33. The molecule has 35 heavy (non-hydrogen) atoms. The van der Waals surface area contributed by atoms with Gasteiger partial charge in [0, 0.05) is 53.1 Å². The van der Waals surface area contributed by atoms with Gasteiger partial charge in [0.25, 0.3) is 5.91 Å². The van der Waals surface area contributed by atoms with Crippen LogP contribution in [0.25, 0.3) is 22.2 Å². The smallest absolute Gasteiger partial charge is 0.316 e. The molecule has 0 saturated carbocycles. The van der Waals surface area contributed by atoms with Gasteiger partial charge in [-0.05, 0) is 56.4 Å². The van der Waals surface area contributed by atoms with Crippen molar-refractivity contribution >= 4 is 22.6 Å². The molecule has 2 aromatic heterocycles. The van der Waals surface area contributed by atoms with Crippen LogP contribution in [0.4, 0.5) is 0 Å². The molecule has 0 radical (unpaired) electrons. The number of likely N-dealkylation sites (N-methyl/N-ethyl adjacent to an activating group) is 1. The number of nitrogens with two attached hydrogens (primary N) is 1. The quantitative estimate of drug-likeness (QED) is 0.208. The van der Waals surface area contributed by atoms with Gasteiger partial charge in [0.05, 0.1) is 5.69 Å². The van der Waals surface area contributed by atoms with E-state index < -0.39 is 0 Å². The topological polar surface area (TPSA) is 133 Å². The van der Waals surface area contributed by atoms with E-state index in [0.29, 0.717) is 36.7 Å². The van der Waals surface area contributed by atoms with Crippen LogP contribution in [0, 0.1) is 5.41 Å². The Bertz CT molecular complexity index is 1330. The fourth-order valence-electron chi connectivity index (χ4n) is 3.65. The van der Waals surface area contributed by atoms with E-state index in [4.69, 9.17) is 15.9 Å². The van der Waals surface area contributed by atoms with Gasteiger partial charge in [-0.15, -0.1) is 0 Å². The summed E-state index contributed by atoms with van der Waals surface area (Å²) in [5, 5.41) is 11.6. The largest absolute Gasteiger partial charge is 0.462 e. The summed E-state index contributed by atoms with van der Waals surface area (Å²) in [5.74, 6) is -0.112. The number of rotatable bonds is 10. The Morgan fingerprint density at radius 3 is 2.71 bits per heavy atom. The minimum Gasteiger partial charge on any atom is -0.462 e. The number of benzene rings is 2. The van der Waals surface area contributed by atoms with Gasteiger partial charge in [0.1, 0.15) is 12.4 Å². The number of amides is 1. The molecule has 0 unspecified atom stereocenters. The summed E-state index contributed by atoms with van der Waals surface area (Å²) >= 11 is 0. The highest BCUT2D eigenvalue weighted by Crippen LogP contribution is 2.21. The van der Waals surface area contributed by atoms with Gasteiger partial charge in [-0.2, -0.15) is 4.98 Å². The van der Waals surface area contributed by atoms with Gasteiger partial charge in [0.2, 0.25) is 0 Å². The number of ether oxygens (including phenoxy) is 1. The Morgan fingerprint density at radius 2 is 1.97 bits per heavy atom. The molecular formula is C26H29N7O2. The lowest BCUT2D eigenvalue weighted by atomic mass is 10.1. The number of nitrogen functional groups attached to an aromatic ring is 1. The summed E-state index contributed by atoms with van der Waals surface area (Å²) in [7, 11) is 3.96. The summed E-state index contributed by atoms with van der Waals surface area (Å²) < 4.78 is 5.61. The number of nitrogens with one attached hydrogen (secondary N) is 3. The van der Waals surface area contributed by atoms with Crippen LogP contribution < -0.4 is 15.8 Å². The zero-order valence-electron chi connectivity index (χ0n) is 19.8. The molecule has 9 heteroatoms. The molecule has 0 aliphatic carbocycles. The lowest BCUT2D eigenvalue weighted by Crippen LogP contribution is -2.25. The molecule has 0 saturated heterocycles. The maximum absolute atomic E-state index is 12.6. The second-order valence-corrected chi connectivity index (χ2v) is 8.46. The minimum atomic E-state index is -0.140. The molecular weight excluding hydrogens is 442 g/mol. The van der Waals surface area contributed by atoms with Crippen molar-refractivity contribution in [2.24, 2.45) is 5.73 Å². The number of carbonyl (C=O) groups excluding carboxylic acids is 1. The van der Waals surface area contributed by atoms with Crippen molar-refractivity contribution in [3.05, 3.63) is 77.6 Å². The molecule has 0 aliphatic rings. The zero-order valence-corrected chi connectivity index (χ0v) is 19.8. The normalized spacial score (nSPS) is 11.1. The third-order valence-electron chi connectivity index (χ3n) is 5.58. The Kier molecular flexibility index (Phi) is 7.37. The first-order valence-corrected chi connectivity index (χ1v) is 11.3. The van der Waals surface area contributed by atoms with E-state index in [1.807, 2.05) is 55.4 Å². The van der Waals surface area contributed by atoms with E-state index in [0.717, 1.165) is 34.3 Å². The molecule has 2 aromatic carbocycles. The molecule has 5 N–H and O–H groups in total. The van der Waals surface area contributed by atoms with Crippen LogP contribution in [-0.4, -0.2) is 65.4 Å². The number of fused-ring (bicyclic) bond motifs is 1. The number of nitrogens with zero attached hydrogens (tertiary/aromatic N) is 3. The summed E-state index contributed by atoms with van der Waals surface area (Å²) in [6.45, 7) is 1.77. The fourth-order valence-corrected chi connectivity index (χ4v) is 3.65. The number of hydrogen-bond acceptors (Lipinski definition) is 6. The van der Waals surface area contributed by atoms with Crippen LogP contribution in [0.3, 0.4) is 0 Å². The van der Waals surface area contributed by atoms with E-state index >= 15 is 0 Å². The predicted octanol–water partition coefficient (Wildman–Crippen LogP) is 2.82. The minimum absolute atomic E-state index is 0.0280. The first-order chi connectivity index (χ1) is 16.9. The molecule has 2 heterocycles. The number of hydrogen-bond donors (Lipinski definition) is 4. The van der Waals surface area contributed by atoms with Crippen LogP contribution in [0.1, 0.15) is 21.5 Å². The van der Waals surface area contributed by atoms with Crippen molar-refractivity contribution in [3.63, 3.8) is 0 Å². The van der Waals surface area contributed by atoms with E-state index in [-0.39, 0.29) is 11.7 Å². The molecule has 0 bridgehead atoms. The molecule has 1 amide bonds. The number of aromatic nitrogens is 3. The Morgan fingerprint density at radius 1 is 1.17 bits per heavy atom. The molecule has 9 nitrogen and oxygen atoms in total. The van der Waals surface area contributed by atoms with E-state index in [1.54, 1.807) is 24.5 Å². The van der Waals surface area contributed by atoms with Gasteiger partial charge in [0.15, 0.2) is 0 Å². The molecule has 0 aliphatic heterocycles. The van der Waals surface area contributed by atoms with Crippen LogP contribution in [-0.2, 0) is 6.42 Å². The number of amidine groups is 1. The molecule has 0 spiro atoms. The Labute approximate surface area is 203 Å². The van der Waals surface area contributed by atoms with E-state index in [9.17, 15) is 4.79 Å². The highest BCUT2D eigenvalue weighted by atomic mass is 16.5. The molecule has 180 valence electrons. The summed E-state index contributed by atoms with van der Waals surface area (Å²) in [6, 6.07) is 15.4. The molecule has 0 atom stereocenters. The van der Waals surface area contributed by atoms with Gasteiger partial charge in [-0.1, -0.05) is 18.2 Å². The number of carbonyl (C=O) groups is 1. The van der Waals surface area contributed by atoms with Crippen molar-refractivity contribution in [1.29, 1.82) is 5.41 Å². The van der Waals surface area contributed by atoms with Gasteiger partial charge in [-0.25, -0.2) is 4.98 Å². The Hall–Kier alpha value is -4.24. The predicted molar refractivity (Wildman–Crippen MR) is 137 cm³/mol. The van der Waals surface area contributed by atoms with Crippen LogP contribution in [0.15, 0.2) is 60.9 Å². The van der Waals surface area contributed by atoms with Crippen molar-refractivity contribution in [3.8, 4) is 17.3 Å². The zero-order chi connectivity index (χ0) is 24.8. The lowest BCUT2D eigenvalue weighted by molar-refractivity contribution is 0.0954. The van der Waals surface area contributed by atoms with Crippen LogP contribution in [0.2, 0.25) is 0 Å². The van der Waals surface area contributed by atoms with Gasteiger partial charge >= 0.3 is 6.01 Å². The first kappa shape index (κ1) is 23.9. The highest BCUT2D eigenvalue weighted by Gasteiger charge is 2.10. The lowest BCUT2D eigenvalue weighted by Gasteiger charge is -2.10. The number of H-pyrrole nitrogens is 1. The fraction of sp³-hybridized carbons (Fsp3) is 0.231. The monoisotopic (exact) mass is 471 g/mol. The maximum atomic E-state index is 12.6.